The van der Waals surface area contributed by atoms with Crippen LogP contribution in [0, 0.1) is 12.8 Å². The van der Waals surface area contributed by atoms with Crippen molar-refractivity contribution in [3.8, 4) is 5.75 Å². The van der Waals surface area contributed by atoms with Gasteiger partial charge < -0.3 is 10.1 Å². The number of aryl methyl sites for hydroxylation is 1. The van der Waals surface area contributed by atoms with E-state index in [9.17, 15) is 13.2 Å². The number of carbonyl (C=O) groups is 1. The molecule has 1 amide bonds. The third kappa shape index (κ3) is 4.31. The summed E-state index contributed by atoms with van der Waals surface area (Å²) in [6.07, 6.45) is 5.04. The number of rotatable bonds is 5. The summed E-state index contributed by atoms with van der Waals surface area (Å²) in [5, 5.41) is 2.99. The number of ether oxygens (including phenoxy) is 1. The van der Waals surface area contributed by atoms with Crippen molar-refractivity contribution in [1.29, 1.82) is 0 Å². The first-order chi connectivity index (χ1) is 14.4. The number of para-hydroxylation sites is 2. The van der Waals surface area contributed by atoms with Gasteiger partial charge in [-0.1, -0.05) is 49.1 Å². The van der Waals surface area contributed by atoms with Gasteiger partial charge in [-0.2, -0.15) is 0 Å². The van der Waals surface area contributed by atoms with Gasteiger partial charge in [0, 0.05) is 6.54 Å². The van der Waals surface area contributed by atoms with Crippen molar-refractivity contribution in [2.75, 3.05) is 17.4 Å². The summed E-state index contributed by atoms with van der Waals surface area (Å²) in [4.78, 5) is 13.0. The molecule has 1 fully saturated rings. The Labute approximate surface area is 178 Å². The van der Waals surface area contributed by atoms with Gasteiger partial charge >= 0.3 is 0 Å². The molecule has 1 aliphatic carbocycles. The van der Waals surface area contributed by atoms with Gasteiger partial charge in [0.2, 0.25) is 0 Å². The van der Waals surface area contributed by atoms with Crippen molar-refractivity contribution in [1.82, 2.24) is 5.32 Å². The van der Waals surface area contributed by atoms with E-state index in [4.69, 9.17) is 4.74 Å². The largest absolute Gasteiger partial charge is 0.476 e. The Morgan fingerprint density at radius 3 is 2.50 bits per heavy atom. The number of hydrogen-bond donors (Lipinski definition) is 1. The average Bonchev–Trinajstić information content (AvgIpc) is 2.77. The highest BCUT2D eigenvalue weighted by Crippen LogP contribution is 2.36. The van der Waals surface area contributed by atoms with Crippen LogP contribution in [0.15, 0.2) is 53.4 Å². The van der Waals surface area contributed by atoms with Crippen LogP contribution in [0.5, 0.6) is 5.75 Å². The Morgan fingerprint density at radius 1 is 1.07 bits per heavy atom. The van der Waals surface area contributed by atoms with Crippen molar-refractivity contribution in [3.05, 3.63) is 54.1 Å². The zero-order chi connectivity index (χ0) is 21.1. The molecule has 7 heteroatoms. The molecule has 1 aliphatic heterocycles. The fourth-order valence-electron chi connectivity index (χ4n) is 4.15. The first-order valence-corrected chi connectivity index (χ1v) is 12.0. The summed E-state index contributed by atoms with van der Waals surface area (Å²) in [7, 11) is -3.82. The second kappa shape index (κ2) is 8.68. The van der Waals surface area contributed by atoms with Gasteiger partial charge in [0.1, 0.15) is 5.75 Å². The number of sulfonamides is 1. The molecule has 4 rings (SSSR count). The van der Waals surface area contributed by atoms with E-state index >= 15 is 0 Å². The quantitative estimate of drug-likeness (QED) is 0.789. The number of hydrogen-bond acceptors (Lipinski definition) is 4. The van der Waals surface area contributed by atoms with Crippen molar-refractivity contribution in [2.45, 2.75) is 50.0 Å². The summed E-state index contributed by atoms with van der Waals surface area (Å²) >= 11 is 0. The summed E-state index contributed by atoms with van der Waals surface area (Å²) in [5.74, 6) is 0.627. The lowest BCUT2D eigenvalue weighted by Crippen LogP contribution is -2.51. The maximum atomic E-state index is 13.4. The van der Waals surface area contributed by atoms with Gasteiger partial charge in [-0.3, -0.25) is 9.10 Å². The SMILES string of the molecule is Cc1ccc(S(=O)(=O)N2C[C@@H](C(=O)NCC3CCCCC3)Oc3ccccc32)cc1. The van der Waals surface area contributed by atoms with E-state index in [1.807, 2.05) is 6.92 Å². The molecule has 6 nitrogen and oxygen atoms in total. The first kappa shape index (κ1) is 20.7. The van der Waals surface area contributed by atoms with E-state index < -0.39 is 16.1 Å². The van der Waals surface area contributed by atoms with Crippen molar-refractivity contribution < 1.29 is 17.9 Å². The number of carbonyl (C=O) groups excluding carboxylic acids is 1. The number of nitrogens with zero attached hydrogens (tertiary/aromatic N) is 1. The molecule has 2 aliphatic rings. The standard InChI is InChI=1S/C23H28N2O4S/c1-17-11-13-19(14-12-17)30(27,28)25-16-22(29-21-10-6-5-9-20(21)25)23(26)24-15-18-7-3-2-4-8-18/h5-6,9-14,18,22H,2-4,7-8,15-16H2,1H3,(H,24,26)/t22-/m0/s1. The Kier molecular flexibility index (Phi) is 5.99. The summed E-state index contributed by atoms with van der Waals surface area (Å²) < 4.78 is 33.9. The summed E-state index contributed by atoms with van der Waals surface area (Å²) in [6.45, 7) is 2.47. The molecule has 0 radical (unpaired) electrons. The van der Waals surface area contributed by atoms with E-state index in [1.54, 1.807) is 48.5 Å². The maximum absolute atomic E-state index is 13.4. The lowest BCUT2D eigenvalue weighted by Gasteiger charge is -2.35. The van der Waals surface area contributed by atoms with Crippen molar-refractivity contribution >= 4 is 21.6 Å². The van der Waals surface area contributed by atoms with E-state index in [2.05, 4.69) is 5.32 Å². The average molecular weight is 429 g/mol. The zero-order valence-electron chi connectivity index (χ0n) is 17.2. The number of amides is 1. The molecule has 2 aromatic carbocycles. The van der Waals surface area contributed by atoms with Gasteiger partial charge in [0.25, 0.3) is 15.9 Å². The van der Waals surface area contributed by atoms with E-state index in [-0.39, 0.29) is 17.3 Å². The number of anilines is 1. The topological polar surface area (TPSA) is 75.7 Å². The molecule has 0 aromatic heterocycles. The van der Waals surface area contributed by atoms with E-state index in [0.29, 0.717) is 23.9 Å². The maximum Gasteiger partial charge on any atom is 0.264 e. The Bertz CT molecular complexity index is 998. The Hall–Kier alpha value is -2.54. The fraction of sp³-hybridized carbons (Fsp3) is 0.435. The van der Waals surface area contributed by atoms with Crippen LogP contribution in [0.3, 0.4) is 0 Å². The van der Waals surface area contributed by atoms with Gasteiger partial charge in [0.05, 0.1) is 17.1 Å². The van der Waals surface area contributed by atoms with Crippen LogP contribution < -0.4 is 14.4 Å². The summed E-state index contributed by atoms with van der Waals surface area (Å²) in [6, 6.07) is 13.7. The van der Waals surface area contributed by atoms with Crippen LogP contribution in [-0.2, 0) is 14.8 Å². The molecule has 160 valence electrons. The predicted octanol–water partition coefficient (Wildman–Crippen LogP) is 3.65. The summed E-state index contributed by atoms with van der Waals surface area (Å²) in [5.41, 5.74) is 1.44. The molecule has 1 saturated carbocycles. The van der Waals surface area contributed by atoms with Gasteiger partial charge in [-0.25, -0.2) is 8.42 Å². The molecule has 0 spiro atoms. The van der Waals surface area contributed by atoms with Gasteiger partial charge in [-0.15, -0.1) is 0 Å². The molecule has 1 atom stereocenters. The van der Waals surface area contributed by atoms with Crippen LogP contribution in [0.1, 0.15) is 37.7 Å². The lowest BCUT2D eigenvalue weighted by molar-refractivity contribution is -0.128. The highest BCUT2D eigenvalue weighted by molar-refractivity contribution is 7.92. The minimum absolute atomic E-state index is 0.0519. The van der Waals surface area contributed by atoms with E-state index in [1.165, 1.54) is 23.6 Å². The number of nitrogens with one attached hydrogen (secondary N) is 1. The Balaban J connectivity index is 1.56. The van der Waals surface area contributed by atoms with Gasteiger partial charge in [0.15, 0.2) is 6.10 Å². The molecule has 1 heterocycles. The normalized spacial score (nSPS) is 19.6. The van der Waals surface area contributed by atoms with E-state index in [0.717, 1.165) is 18.4 Å². The first-order valence-electron chi connectivity index (χ1n) is 10.6. The van der Waals surface area contributed by atoms with Gasteiger partial charge in [-0.05, 0) is 49.9 Å². The highest BCUT2D eigenvalue weighted by Gasteiger charge is 2.37. The second-order valence-electron chi connectivity index (χ2n) is 8.17. The van der Waals surface area contributed by atoms with Crippen molar-refractivity contribution in [2.24, 2.45) is 5.92 Å². The van der Waals surface area contributed by atoms with Crippen LogP contribution in [0.2, 0.25) is 0 Å². The highest BCUT2D eigenvalue weighted by atomic mass is 32.2. The molecule has 0 bridgehead atoms. The molecule has 0 saturated heterocycles. The third-order valence-electron chi connectivity index (χ3n) is 5.93. The van der Waals surface area contributed by atoms with Crippen LogP contribution >= 0.6 is 0 Å². The second-order valence-corrected chi connectivity index (χ2v) is 10.0. The molecule has 30 heavy (non-hydrogen) atoms. The molecule has 1 N–H and O–H groups in total. The van der Waals surface area contributed by atoms with Crippen LogP contribution in [-0.4, -0.2) is 33.5 Å². The Morgan fingerprint density at radius 2 is 1.77 bits per heavy atom. The minimum Gasteiger partial charge on any atom is -0.476 e. The monoisotopic (exact) mass is 428 g/mol. The molecular weight excluding hydrogens is 400 g/mol. The smallest absolute Gasteiger partial charge is 0.264 e. The number of fused-ring (bicyclic) bond motifs is 1. The molecular formula is C23H28N2O4S. The number of benzene rings is 2. The van der Waals surface area contributed by atoms with Crippen LogP contribution in [0.25, 0.3) is 0 Å². The third-order valence-corrected chi connectivity index (χ3v) is 7.72. The lowest BCUT2D eigenvalue weighted by atomic mass is 9.89. The van der Waals surface area contributed by atoms with Crippen molar-refractivity contribution in [3.63, 3.8) is 0 Å². The molecule has 2 aromatic rings. The fourth-order valence-corrected chi connectivity index (χ4v) is 5.63. The van der Waals surface area contributed by atoms with Crippen LogP contribution in [0.4, 0.5) is 5.69 Å². The zero-order valence-corrected chi connectivity index (χ0v) is 18.0. The minimum atomic E-state index is -3.82. The predicted molar refractivity (Wildman–Crippen MR) is 116 cm³/mol. The molecule has 0 unspecified atom stereocenters.